The molecule has 1 heterocycles. The van der Waals surface area contributed by atoms with Crippen LogP contribution in [0.3, 0.4) is 0 Å². The predicted octanol–water partition coefficient (Wildman–Crippen LogP) is 2.30. The van der Waals surface area contributed by atoms with Gasteiger partial charge in [-0.3, -0.25) is 10.1 Å². The van der Waals surface area contributed by atoms with Crippen molar-refractivity contribution < 1.29 is 14.5 Å². The Morgan fingerprint density at radius 3 is 2.70 bits per heavy atom. The smallest absolute Gasteiger partial charge is 0.328 e. The summed E-state index contributed by atoms with van der Waals surface area (Å²) in [5, 5.41) is 13.8. The summed E-state index contributed by atoms with van der Waals surface area (Å²) in [4.78, 5) is 26.2. The van der Waals surface area contributed by atoms with Crippen molar-refractivity contribution in [1.29, 1.82) is 0 Å². The molecule has 7 nitrogen and oxygen atoms in total. The highest BCUT2D eigenvalue weighted by Gasteiger charge is 2.25. The maximum Gasteiger partial charge on any atom is 0.328 e. The molecule has 1 N–H and O–H groups in total. The van der Waals surface area contributed by atoms with E-state index in [-0.39, 0.29) is 17.4 Å². The molecular weight excluding hydrogens is 262 g/mol. The molecule has 1 unspecified atom stereocenters. The summed E-state index contributed by atoms with van der Waals surface area (Å²) in [6.07, 6.45) is 2.01. The van der Waals surface area contributed by atoms with Gasteiger partial charge in [0.15, 0.2) is 0 Å². The molecule has 0 aliphatic rings. The number of aromatic nitrogens is 1. The molecule has 20 heavy (non-hydrogen) atoms. The molecule has 0 saturated heterocycles. The highest BCUT2D eigenvalue weighted by atomic mass is 16.6. The third-order valence-electron chi connectivity index (χ3n) is 2.70. The van der Waals surface area contributed by atoms with Crippen LogP contribution in [0.15, 0.2) is 12.3 Å². The van der Waals surface area contributed by atoms with Crippen LogP contribution in [0.4, 0.5) is 11.5 Å². The van der Waals surface area contributed by atoms with Crippen molar-refractivity contribution in [2.75, 3.05) is 12.4 Å². The summed E-state index contributed by atoms with van der Waals surface area (Å²) >= 11 is 0. The molecular formula is C13H19N3O4. The number of hydrogen-bond acceptors (Lipinski definition) is 6. The fourth-order valence-electron chi connectivity index (χ4n) is 1.80. The number of pyridine rings is 1. The van der Waals surface area contributed by atoms with Crippen molar-refractivity contribution >= 4 is 17.5 Å². The maximum atomic E-state index is 11.7. The first-order valence-corrected chi connectivity index (χ1v) is 6.30. The number of ether oxygens (including phenoxy) is 1. The molecule has 0 saturated carbocycles. The lowest BCUT2D eigenvalue weighted by atomic mass is 10.0. The lowest BCUT2D eigenvalue weighted by molar-refractivity contribution is -0.384. The van der Waals surface area contributed by atoms with Gasteiger partial charge in [-0.1, -0.05) is 13.8 Å². The molecule has 0 bridgehead atoms. The van der Waals surface area contributed by atoms with Gasteiger partial charge in [-0.15, -0.1) is 0 Å². The number of nitro groups is 1. The van der Waals surface area contributed by atoms with E-state index in [1.807, 2.05) is 13.8 Å². The van der Waals surface area contributed by atoms with E-state index in [1.54, 1.807) is 6.92 Å². The van der Waals surface area contributed by atoms with Crippen molar-refractivity contribution in [3.8, 4) is 0 Å². The molecule has 0 aliphatic carbocycles. The second-order valence-corrected chi connectivity index (χ2v) is 4.99. The lowest BCUT2D eigenvalue weighted by Gasteiger charge is -2.18. The Kier molecular flexibility index (Phi) is 5.42. The van der Waals surface area contributed by atoms with E-state index < -0.39 is 16.9 Å². The van der Waals surface area contributed by atoms with Crippen LogP contribution in [-0.4, -0.2) is 29.0 Å². The van der Waals surface area contributed by atoms with Crippen LogP contribution in [0.5, 0.6) is 0 Å². The third-order valence-corrected chi connectivity index (χ3v) is 2.70. The first kappa shape index (κ1) is 15.9. The highest BCUT2D eigenvalue weighted by molar-refractivity contribution is 5.79. The first-order chi connectivity index (χ1) is 9.35. The quantitative estimate of drug-likeness (QED) is 0.488. The summed E-state index contributed by atoms with van der Waals surface area (Å²) in [6.45, 7) is 5.62. The number of nitrogens with zero attached hydrogens (tertiary/aromatic N) is 2. The standard InChI is InChI=1S/C13H19N3O4/c1-8(2)5-10(13(17)20-4)15-12-11(16(18)19)6-9(3)7-14-12/h6-8,10H,5H2,1-4H3,(H,14,15). The molecule has 1 aromatic heterocycles. The maximum absolute atomic E-state index is 11.7. The van der Waals surface area contributed by atoms with Crippen molar-refractivity contribution in [2.24, 2.45) is 5.92 Å². The van der Waals surface area contributed by atoms with Crippen LogP contribution < -0.4 is 5.32 Å². The molecule has 110 valence electrons. The van der Waals surface area contributed by atoms with E-state index in [0.29, 0.717) is 12.0 Å². The number of rotatable bonds is 6. The number of hydrogen-bond donors (Lipinski definition) is 1. The minimum absolute atomic E-state index is 0.0802. The van der Waals surface area contributed by atoms with E-state index in [1.165, 1.54) is 19.4 Å². The Morgan fingerprint density at radius 1 is 1.55 bits per heavy atom. The van der Waals surface area contributed by atoms with Crippen LogP contribution in [0.2, 0.25) is 0 Å². The Morgan fingerprint density at radius 2 is 2.20 bits per heavy atom. The minimum atomic E-state index is -0.658. The Bertz CT molecular complexity index is 502. The second kappa shape index (κ2) is 6.83. The van der Waals surface area contributed by atoms with Gasteiger partial charge in [0.05, 0.1) is 12.0 Å². The Balaban J connectivity index is 3.04. The van der Waals surface area contributed by atoms with Gasteiger partial charge in [0.25, 0.3) is 0 Å². The number of methoxy groups -OCH3 is 1. The molecule has 1 rings (SSSR count). The average molecular weight is 281 g/mol. The second-order valence-electron chi connectivity index (χ2n) is 4.99. The fourth-order valence-corrected chi connectivity index (χ4v) is 1.80. The van der Waals surface area contributed by atoms with Gasteiger partial charge >= 0.3 is 11.7 Å². The first-order valence-electron chi connectivity index (χ1n) is 6.30. The van der Waals surface area contributed by atoms with Crippen molar-refractivity contribution in [3.05, 3.63) is 27.9 Å². The van der Waals surface area contributed by atoms with Gasteiger partial charge in [-0.25, -0.2) is 9.78 Å². The van der Waals surface area contributed by atoms with E-state index in [0.717, 1.165) is 0 Å². The zero-order valence-corrected chi connectivity index (χ0v) is 12.0. The summed E-state index contributed by atoms with van der Waals surface area (Å²) in [7, 11) is 1.29. The number of carbonyl (C=O) groups is 1. The van der Waals surface area contributed by atoms with E-state index >= 15 is 0 Å². The monoisotopic (exact) mass is 281 g/mol. The number of nitrogens with one attached hydrogen (secondary N) is 1. The van der Waals surface area contributed by atoms with Crippen molar-refractivity contribution in [1.82, 2.24) is 4.98 Å². The van der Waals surface area contributed by atoms with Crippen LogP contribution in [0.1, 0.15) is 25.8 Å². The molecule has 0 spiro atoms. The predicted molar refractivity (Wildman–Crippen MR) is 74.5 cm³/mol. The molecule has 1 aromatic rings. The summed E-state index contributed by atoms with van der Waals surface area (Å²) in [6, 6.07) is 0.757. The largest absolute Gasteiger partial charge is 0.467 e. The van der Waals surface area contributed by atoms with Gasteiger partial charge in [0.1, 0.15) is 6.04 Å². The molecule has 0 fully saturated rings. The number of aryl methyl sites for hydroxylation is 1. The van der Waals surface area contributed by atoms with Gasteiger partial charge in [-0.2, -0.15) is 0 Å². The molecule has 0 amide bonds. The van der Waals surface area contributed by atoms with Crippen molar-refractivity contribution in [2.45, 2.75) is 33.2 Å². The van der Waals surface area contributed by atoms with Crippen LogP contribution in [-0.2, 0) is 9.53 Å². The molecule has 7 heteroatoms. The SMILES string of the molecule is COC(=O)C(CC(C)C)Nc1ncc(C)cc1[N+](=O)[O-]. The van der Waals surface area contributed by atoms with Crippen LogP contribution in [0, 0.1) is 23.0 Å². The molecule has 0 aromatic carbocycles. The van der Waals surface area contributed by atoms with Crippen LogP contribution >= 0.6 is 0 Å². The Labute approximate surface area is 117 Å². The normalized spacial score (nSPS) is 12.1. The zero-order chi connectivity index (χ0) is 15.3. The van der Waals surface area contributed by atoms with E-state index in [2.05, 4.69) is 10.3 Å². The van der Waals surface area contributed by atoms with E-state index in [9.17, 15) is 14.9 Å². The van der Waals surface area contributed by atoms with Crippen LogP contribution in [0.25, 0.3) is 0 Å². The van der Waals surface area contributed by atoms with Gasteiger partial charge < -0.3 is 10.1 Å². The highest BCUT2D eigenvalue weighted by Crippen LogP contribution is 2.24. The van der Waals surface area contributed by atoms with Gasteiger partial charge in [-0.05, 0) is 24.8 Å². The summed E-state index contributed by atoms with van der Waals surface area (Å²) < 4.78 is 4.71. The van der Waals surface area contributed by atoms with Gasteiger partial charge in [0.2, 0.25) is 5.82 Å². The Hall–Kier alpha value is -2.18. The fraction of sp³-hybridized carbons (Fsp3) is 0.538. The minimum Gasteiger partial charge on any atom is -0.467 e. The molecule has 1 atom stereocenters. The van der Waals surface area contributed by atoms with E-state index in [4.69, 9.17) is 4.74 Å². The zero-order valence-electron chi connectivity index (χ0n) is 12.0. The molecule has 0 aliphatic heterocycles. The lowest BCUT2D eigenvalue weighted by Crippen LogP contribution is -2.32. The number of carbonyl (C=O) groups excluding carboxylic acids is 1. The van der Waals surface area contributed by atoms with Crippen molar-refractivity contribution in [3.63, 3.8) is 0 Å². The number of anilines is 1. The molecule has 0 radical (unpaired) electrons. The average Bonchev–Trinajstić information content (AvgIpc) is 2.38. The summed E-state index contributed by atoms with van der Waals surface area (Å²) in [5.41, 5.74) is 0.531. The third kappa shape index (κ3) is 4.18. The number of esters is 1. The van der Waals surface area contributed by atoms with Gasteiger partial charge in [0, 0.05) is 12.3 Å². The summed E-state index contributed by atoms with van der Waals surface area (Å²) in [5.74, 6) is -0.150. The topological polar surface area (TPSA) is 94.4 Å².